The zero-order valence-corrected chi connectivity index (χ0v) is 20.1. The second-order valence-electron chi connectivity index (χ2n) is 6.20. The van der Waals surface area contributed by atoms with Gasteiger partial charge >= 0.3 is 0 Å². The summed E-state index contributed by atoms with van der Waals surface area (Å²) >= 11 is 14.3. The Morgan fingerprint density at radius 1 is 0.667 bits per heavy atom. The van der Waals surface area contributed by atoms with E-state index in [4.69, 9.17) is 0 Å². The first kappa shape index (κ1) is 20.9. The highest BCUT2D eigenvalue weighted by molar-refractivity contribution is 9.25. The number of hydrogen-bond donors (Lipinski definition) is 0. The van der Waals surface area contributed by atoms with Crippen LogP contribution in [0.3, 0.4) is 0 Å². The van der Waals surface area contributed by atoms with Crippen LogP contribution in [0.25, 0.3) is 10.8 Å². The maximum Gasteiger partial charge on any atom is 0.0697 e. The molecule has 0 aliphatic rings. The lowest BCUT2D eigenvalue weighted by molar-refractivity contribution is 0.695. The molecular weight excluding hydrogens is 560 g/mol. The van der Waals surface area contributed by atoms with Crippen molar-refractivity contribution >= 4 is 74.5 Å². The van der Waals surface area contributed by atoms with Gasteiger partial charge in [0.15, 0.2) is 0 Å². The van der Waals surface area contributed by atoms with Crippen LogP contribution >= 0.6 is 63.7 Å². The summed E-state index contributed by atoms with van der Waals surface area (Å²) < 4.78 is 0.890. The van der Waals surface area contributed by atoms with Crippen molar-refractivity contribution in [3.05, 3.63) is 47.5 Å². The minimum Gasteiger partial charge on any atom is -0.0765 e. The lowest BCUT2D eigenvalue weighted by atomic mass is 9.92. The molecule has 4 heteroatoms. The van der Waals surface area contributed by atoms with Crippen molar-refractivity contribution in [3.63, 3.8) is 0 Å². The highest BCUT2D eigenvalue weighted by atomic mass is 79.9. The number of unbranched alkanes of at least 4 members (excludes halogenated alkanes) is 2. The van der Waals surface area contributed by atoms with Crippen molar-refractivity contribution < 1.29 is 0 Å². The van der Waals surface area contributed by atoms with Gasteiger partial charge in [0.1, 0.15) is 0 Å². The SMILES string of the molecule is BrC(Br)CCCCc1ccc2ccccc2c1CCCCC(Br)Br. The summed E-state index contributed by atoms with van der Waals surface area (Å²) in [6.07, 6.45) is 9.73. The Morgan fingerprint density at radius 2 is 1.29 bits per heavy atom. The second kappa shape index (κ2) is 11.4. The largest absolute Gasteiger partial charge is 0.0765 e. The first-order valence-corrected chi connectivity index (χ1v) is 12.3. The summed E-state index contributed by atoms with van der Waals surface area (Å²) in [6.45, 7) is 0. The summed E-state index contributed by atoms with van der Waals surface area (Å²) in [5, 5.41) is 2.82. The Balaban J connectivity index is 2.08. The molecular formula is C20H24Br4. The molecule has 0 N–H and O–H groups in total. The minimum absolute atomic E-state index is 0.443. The van der Waals surface area contributed by atoms with Gasteiger partial charge in [-0.2, -0.15) is 0 Å². The van der Waals surface area contributed by atoms with Crippen LogP contribution in [0, 0.1) is 0 Å². The fourth-order valence-corrected chi connectivity index (χ4v) is 4.42. The lowest BCUT2D eigenvalue weighted by Gasteiger charge is -2.14. The summed E-state index contributed by atoms with van der Waals surface area (Å²) in [4.78, 5) is 0. The molecule has 0 nitrogen and oxygen atoms in total. The van der Waals surface area contributed by atoms with Crippen molar-refractivity contribution in [3.8, 4) is 0 Å². The molecule has 0 heterocycles. The average molecular weight is 584 g/mol. The Morgan fingerprint density at radius 3 is 1.96 bits per heavy atom. The molecule has 0 fully saturated rings. The molecule has 0 unspecified atom stereocenters. The standard InChI is InChI=1S/C20H24Br4/c21-19(22)11-5-2-8-16-14-13-15-7-1-3-9-17(15)18(16)10-4-6-12-20(23)24/h1,3,7,9,13-14,19-20H,2,4-6,8,10-12H2. The van der Waals surface area contributed by atoms with E-state index in [-0.39, 0.29) is 0 Å². The van der Waals surface area contributed by atoms with Gasteiger partial charge in [0.05, 0.1) is 7.47 Å². The summed E-state index contributed by atoms with van der Waals surface area (Å²) in [7, 11) is 0. The van der Waals surface area contributed by atoms with E-state index < -0.39 is 0 Å². The van der Waals surface area contributed by atoms with Crippen LogP contribution in [-0.4, -0.2) is 7.47 Å². The van der Waals surface area contributed by atoms with E-state index in [0.29, 0.717) is 7.47 Å². The van der Waals surface area contributed by atoms with Gasteiger partial charge in [-0.15, -0.1) is 0 Å². The molecule has 0 radical (unpaired) electrons. The fourth-order valence-electron chi connectivity index (χ4n) is 3.13. The predicted molar refractivity (Wildman–Crippen MR) is 122 cm³/mol. The number of alkyl halides is 4. The van der Waals surface area contributed by atoms with Crippen molar-refractivity contribution in [1.82, 2.24) is 0 Å². The van der Waals surface area contributed by atoms with Crippen LogP contribution in [0.4, 0.5) is 0 Å². The van der Waals surface area contributed by atoms with Crippen LogP contribution in [0.2, 0.25) is 0 Å². The van der Waals surface area contributed by atoms with E-state index in [1.807, 2.05) is 0 Å². The number of rotatable bonds is 10. The predicted octanol–water partition coefficient (Wildman–Crippen LogP) is 8.50. The second-order valence-corrected chi connectivity index (χ2v) is 13.1. The van der Waals surface area contributed by atoms with E-state index in [1.54, 1.807) is 11.1 Å². The van der Waals surface area contributed by atoms with Crippen molar-refractivity contribution in [1.29, 1.82) is 0 Å². The van der Waals surface area contributed by atoms with Crippen molar-refractivity contribution in [2.75, 3.05) is 0 Å². The van der Waals surface area contributed by atoms with Crippen molar-refractivity contribution in [2.24, 2.45) is 0 Å². The van der Waals surface area contributed by atoms with Crippen LogP contribution in [0.1, 0.15) is 49.7 Å². The van der Waals surface area contributed by atoms with E-state index in [0.717, 1.165) is 0 Å². The molecule has 2 aromatic rings. The Bertz CT molecular complexity index is 622. The minimum atomic E-state index is 0.443. The van der Waals surface area contributed by atoms with Gasteiger partial charge in [0.2, 0.25) is 0 Å². The quantitative estimate of drug-likeness (QED) is 0.194. The molecule has 24 heavy (non-hydrogen) atoms. The molecule has 0 aliphatic carbocycles. The molecule has 132 valence electrons. The summed E-state index contributed by atoms with van der Waals surface area (Å²) in [5.41, 5.74) is 3.12. The third kappa shape index (κ3) is 7.09. The average Bonchev–Trinajstić information content (AvgIpc) is 2.56. The highest BCUT2D eigenvalue weighted by Gasteiger charge is 2.09. The zero-order chi connectivity index (χ0) is 17.4. The van der Waals surface area contributed by atoms with Gasteiger partial charge in [-0.1, -0.05) is 113 Å². The summed E-state index contributed by atoms with van der Waals surface area (Å²) in [5.74, 6) is 0. The first-order chi connectivity index (χ1) is 11.6. The van der Waals surface area contributed by atoms with Gasteiger partial charge in [0, 0.05) is 0 Å². The smallest absolute Gasteiger partial charge is 0.0697 e. The zero-order valence-electron chi connectivity index (χ0n) is 13.8. The number of aryl methyl sites for hydroxylation is 2. The molecule has 2 aromatic carbocycles. The van der Waals surface area contributed by atoms with E-state index in [9.17, 15) is 0 Å². The topological polar surface area (TPSA) is 0 Å². The maximum absolute atomic E-state index is 3.58. The van der Waals surface area contributed by atoms with Crippen molar-refractivity contribution in [2.45, 2.75) is 58.8 Å². The van der Waals surface area contributed by atoms with Gasteiger partial charge in [0.25, 0.3) is 0 Å². The Hall–Kier alpha value is 0.620. The fraction of sp³-hybridized carbons (Fsp3) is 0.500. The number of benzene rings is 2. The highest BCUT2D eigenvalue weighted by Crippen LogP contribution is 2.27. The molecule has 0 bridgehead atoms. The molecule has 0 spiro atoms. The van der Waals surface area contributed by atoms with E-state index in [2.05, 4.69) is 100 Å². The third-order valence-corrected chi connectivity index (χ3v) is 6.19. The molecule has 0 saturated carbocycles. The normalized spacial score (nSPS) is 11.8. The van der Waals surface area contributed by atoms with Crippen LogP contribution in [-0.2, 0) is 12.8 Å². The lowest BCUT2D eigenvalue weighted by Crippen LogP contribution is -1.98. The van der Waals surface area contributed by atoms with Gasteiger partial charge < -0.3 is 0 Å². The van der Waals surface area contributed by atoms with Crippen LogP contribution in [0.5, 0.6) is 0 Å². The molecule has 0 atom stereocenters. The maximum atomic E-state index is 3.58. The van der Waals surface area contributed by atoms with Gasteiger partial charge in [-0.3, -0.25) is 0 Å². The molecule has 0 amide bonds. The van der Waals surface area contributed by atoms with E-state index in [1.165, 1.54) is 62.1 Å². The van der Waals surface area contributed by atoms with Gasteiger partial charge in [-0.05, 0) is 60.4 Å². The monoisotopic (exact) mass is 580 g/mol. The molecule has 2 rings (SSSR count). The Labute approximate surface area is 179 Å². The van der Waals surface area contributed by atoms with Gasteiger partial charge in [-0.25, -0.2) is 0 Å². The first-order valence-electron chi connectivity index (χ1n) is 8.63. The van der Waals surface area contributed by atoms with Crippen LogP contribution < -0.4 is 0 Å². The molecule has 0 aliphatic heterocycles. The number of halogens is 4. The Kier molecular flexibility index (Phi) is 9.90. The third-order valence-electron chi connectivity index (χ3n) is 4.36. The van der Waals surface area contributed by atoms with Crippen LogP contribution in [0.15, 0.2) is 36.4 Å². The summed E-state index contributed by atoms with van der Waals surface area (Å²) in [6, 6.07) is 13.5. The van der Waals surface area contributed by atoms with E-state index >= 15 is 0 Å². The molecule has 0 aromatic heterocycles. The number of hydrogen-bond acceptors (Lipinski definition) is 0. The molecule has 0 saturated heterocycles. The number of fused-ring (bicyclic) bond motifs is 1.